The summed E-state index contributed by atoms with van der Waals surface area (Å²) in [6.07, 6.45) is 3.88. The molecule has 9 nitrogen and oxygen atoms in total. The molecule has 9 heteroatoms. The smallest absolute Gasteiger partial charge is 0.409 e. The van der Waals surface area contributed by atoms with Crippen molar-refractivity contribution >= 4 is 34.5 Å². The summed E-state index contributed by atoms with van der Waals surface area (Å²) in [7, 11) is 2.17. The van der Waals surface area contributed by atoms with Gasteiger partial charge in [0, 0.05) is 57.6 Å². The van der Waals surface area contributed by atoms with Crippen molar-refractivity contribution in [3.05, 3.63) is 59.9 Å². The van der Waals surface area contributed by atoms with Gasteiger partial charge < -0.3 is 24.5 Å². The van der Waals surface area contributed by atoms with Gasteiger partial charge in [-0.05, 0) is 37.1 Å². The maximum atomic E-state index is 12.1. The molecule has 182 valence electrons. The normalized spacial score (nSPS) is 20.0. The number of nitrogens with zero attached hydrogens (tertiary/aromatic N) is 5. The molecular weight excluding hydrogens is 446 g/mol. The van der Waals surface area contributed by atoms with Gasteiger partial charge in [0.15, 0.2) is 0 Å². The first-order valence-electron chi connectivity index (χ1n) is 11.9. The second-order valence-electron chi connectivity index (χ2n) is 8.97. The number of carbonyl (C=O) groups excluding carboxylic acids is 1. The molecule has 0 bridgehead atoms. The van der Waals surface area contributed by atoms with E-state index in [1.54, 1.807) is 12.1 Å². The van der Waals surface area contributed by atoms with Gasteiger partial charge in [0.05, 0.1) is 29.1 Å². The standard InChI is InChI=1S/C17H23N3O2.C9H6N2O2/c1-3-22-17(21)19-8-7-14-13(11-19)12-5-4-6-15-16(12)20(14)10-9-18(15)2;12-9(13)6-2-1-3-7-8(6)11-5-4-10-7/h4-6,13-14H,3,7-11H2,1-2H3;1-5H,(H,12,13)/t13-,14-;/m0./s1. The number of ether oxygens (including phenoxy) is 1. The Morgan fingerprint density at radius 3 is 2.69 bits per heavy atom. The second kappa shape index (κ2) is 9.40. The molecule has 3 aliphatic heterocycles. The lowest BCUT2D eigenvalue weighted by atomic mass is 9.89. The maximum absolute atomic E-state index is 12.1. The Kier molecular flexibility index (Phi) is 6.15. The van der Waals surface area contributed by atoms with E-state index in [9.17, 15) is 9.59 Å². The summed E-state index contributed by atoms with van der Waals surface area (Å²) in [5, 5.41) is 8.82. The van der Waals surface area contributed by atoms with Crippen LogP contribution < -0.4 is 9.80 Å². The Labute approximate surface area is 203 Å². The number of aromatic nitrogens is 2. The number of benzene rings is 2. The van der Waals surface area contributed by atoms with Gasteiger partial charge in [0.25, 0.3) is 0 Å². The van der Waals surface area contributed by atoms with Gasteiger partial charge in [-0.1, -0.05) is 18.2 Å². The molecule has 2 atom stereocenters. The first-order valence-corrected chi connectivity index (χ1v) is 11.9. The van der Waals surface area contributed by atoms with Crippen LogP contribution in [0.25, 0.3) is 11.0 Å². The number of amides is 1. The predicted octanol–water partition coefficient (Wildman–Crippen LogP) is 3.60. The van der Waals surface area contributed by atoms with Crippen LogP contribution in [0.15, 0.2) is 48.8 Å². The maximum Gasteiger partial charge on any atom is 0.409 e. The summed E-state index contributed by atoms with van der Waals surface area (Å²) in [4.78, 5) is 37.6. The molecule has 6 rings (SSSR count). The Morgan fingerprint density at radius 1 is 1.09 bits per heavy atom. The SMILES string of the molecule is CCOC(=O)N1CC[C@H]2[C@@H](C1)c1cccc3c1N2CCN3C.O=C(O)c1cccc2nccnc12. The third-order valence-corrected chi connectivity index (χ3v) is 7.05. The molecule has 1 saturated heterocycles. The number of likely N-dealkylation sites (tertiary alicyclic amines) is 1. The van der Waals surface area contributed by atoms with Crippen molar-refractivity contribution in [2.75, 3.05) is 49.6 Å². The number of hydrogen-bond donors (Lipinski definition) is 1. The summed E-state index contributed by atoms with van der Waals surface area (Å²) in [5.41, 5.74) is 5.35. The first-order chi connectivity index (χ1) is 17.0. The molecule has 1 fully saturated rings. The van der Waals surface area contributed by atoms with Crippen molar-refractivity contribution in [3.63, 3.8) is 0 Å². The molecule has 0 spiro atoms. The monoisotopic (exact) mass is 475 g/mol. The van der Waals surface area contributed by atoms with E-state index in [1.807, 2.05) is 11.8 Å². The van der Waals surface area contributed by atoms with Crippen molar-refractivity contribution < 1.29 is 19.4 Å². The molecule has 3 aliphatic rings. The molecule has 2 aromatic carbocycles. The number of piperidine rings is 1. The molecule has 1 amide bonds. The number of carboxylic acids is 1. The average Bonchev–Trinajstić information content (AvgIpc) is 3.20. The van der Waals surface area contributed by atoms with Gasteiger partial charge in [-0.2, -0.15) is 0 Å². The van der Waals surface area contributed by atoms with Gasteiger partial charge in [0.1, 0.15) is 5.52 Å². The number of hydrogen-bond acceptors (Lipinski definition) is 7. The molecule has 3 aromatic rings. The number of para-hydroxylation sites is 2. The van der Waals surface area contributed by atoms with Crippen LogP contribution in [-0.4, -0.2) is 77.9 Å². The van der Waals surface area contributed by atoms with Crippen molar-refractivity contribution in [2.24, 2.45) is 0 Å². The van der Waals surface area contributed by atoms with E-state index in [0.717, 1.165) is 32.6 Å². The number of likely N-dealkylation sites (N-methyl/N-ethyl adjacent to an activating group) is 1. The van der Waals surface area contributed by atoms with E-state index in [1.165, 1.54) is 35.4 Å². The van der Waals surface area contributed by atoms with Gasteiger partial charge >= 0.3 is 12.1 Å². The second-order valence-corrected chi connectivity index (χ2v) is 8.97. The Bertz CT molecular complexity index is 1260. The van der Waals surface area contributed by atoms with E-state index in [2.05, 4.69) is 45.0 Å². The van der Waals surface area contributed by atoms with E-state index in [4.69, 9.17) is 9.84 Å². The van der Waals surface area contributed by atoms with Crippen LogP contribution in [0, 0.1) is 0 Å². The summed E-state index contributed by atoms with van der Waals surface area (Å²) in [6, 6.07) is 12.0. The van der Waals surface area contributed by atoms with Crippen LogP contribution in [0.1, 0.15) is 35.2 Å². The number of carboxylic acid groups (broad SMARTS) is 1. The van der Waals surface area contributed by atoms with Crippen molar-refractivity contribution in [1.82, 2.24) is 14.9 Å². The Hall–Kier alpha value is -3.88. The number of aromatic carboxylic acids is 1. The number of anilines is 2. The molecule has 4 heterocycles. The van der Waals surface area contributed by atoms with E-state index < -0.39 is 5.97 Å². The zero-order valence-electron chi connectivity index (χ0n) is 19.9. The summed E-state index contributed by atoms with van der Waals surface area (Å²) in [5.74, 6) is -0.564. The molecule has 0 saturated carbocycles. The van der Waals surface area contributed by atoms with Crippen molar-refractivity contribution in [1.29, 1.82) is 0 Å². The Balaban J connectivity index is 0.000000166. The minimum atomic E-state index is -0.980. The molecule has 0 aliphatic carbocycles. The molecule has 0 radical (unpaired) electrons. The topological polar surface area (TPSA) is 99.1 Å². The first kappa shape index (κ1) is 22.9. The average molecular weight is 476 g/mol. The third kappa shape index (κ3) is 4.11. The highest BCUT2D eigenvalue weighted by molar-refractivity contribution is 6.00. The van der Waals surface area contributed by atoms with Gasteiger partial charge in [-0.15, -0.1) is 0 Å². The van der Waals surface area contributed by atoms with E-state index in [-0.39, 0.29) is 11.7 Å². The molecule has 1 N–H and O–H groups in total. The molecule has 35 heavy (non-hydrogen) atoms. The lowest BCUT2D eigenvalue weighted by Gasteiger charge is -2.41. The summed E-state index contributed by atoms with van der Waals surface area (Å²) >= 11 is 0. The highest BCUT2D eigenvalue weighted by Crippen LogP contribution is 2.50. The van der Waals surface area contributed by atoms with Gasteiger partial charge in [-0.25, -0.2) is 9.59 Å². The van der Waals surface area contributed by atoms with Crippen LogP contribution in [-0.2, 0) is 4.74 Å². The third-order valence-electron chi connectivity index (χ3n) is 7.05. The van der Waals surface area contributed by atoms with E-state index in [0.29, 0.717) is 29.6 Å². The quantitative estimate of drug-likeness (QED) is 0.600. The van der Waals surface area contributed by atoms with Crippen molar-refractivity contribution in [2.45, 2.75) is 25.3 Å². The van der Waals surface area contributed by atoms with Gasteiger partial charge in [0.2, 0.25) is 0 Å². The van der Waals surface area contributed by atoms with Gasteiger partial charge in [-0.3, -0.25) is 9.97 Å². The van der Waals surface area contributed by atoms with Crippen LogP contribution in [0.5, 0.6) is 0 Å². The lowest BCUT2D eigenvalue weighted by molar-refractivity contribution is 0.0698. The predicted molar refractivity (Wildman–Crippen MR) is 133 cm³/mol. The fraction of sp³-hybridized carbons (Fsp3) is 0.385. The van der Waals surface area contributed by atoms with Crippen LogP contribution in [0.4, 0.5) is 16.2 Å². The molecule has 0 unspecified atom stereocenters. The number of carbonyl (C=O) groups is 2. The fourth-order valence-corrected chi connectivity index (χ4v) is 5.45. The van der Waals surface area contributed by atoms with E-state index >= 15 is 0 Å². The van der Waals surface area contributed by atoms with Crippen molar-refractivity contribution in [3.8, 4) is 0 Å². The fourth-order valence-electron chi connectivity index (χ4n) is 5.45. The van der Waals surface area contributed by atoms with Crippen LogP contribution in [0.2, 0.25) is 0 Å². The summed E-state index contributed by atoms with van der Waals surface area (Å²) in [6.45, 7) is 6.04. The highest BCUT2D eigenvalue weighted by Gasteiger charge is 2.45. The summed E-state index contributed by atoms with van der Waals surface area (Å²) < 4.78 is 5.19. The zero-order chi connectivity index (χ0) is 24.5. The largest absolute Gasteiger partial charge is 0.478 e. The minimum absolute atomic E-state index is 0.163. The lowest BCUT2D eigenvalue weighted by Crippen LogP contribution is -2.50. The minimum Gasteiger partial charge on any atom is -0.478 e. The number of rotatable bonds is 2. The number of fused-ring (bicyclic) bond motifs is 4. The molecular formula is C26H29N5O4. The Morgan fingerprint density at radius 2 is 1.89 bits per heavy atom. The highest BCUT2D eigenvalue weighted by atomic mass is 16.6. The van der Waals surface area contributed by atoms with Crippen LogP contribution in [0.3, 0.4) is 0 Å². The zero-order valence-corrected chi connectivity index (χ0v) is 19.9. The molecule has 1 aromatic heterocycles. The van der Waals surface area contributed by atoms with Crippen LogP contribution >= 0.6 is 0 Å².